The summed E-state index contributed by atoms with van der Waals surface area (Å²) < 4.78 is 0. The number of alkyl halides is 1. The van der Waals surface area contributed by atoms with Crippen LogP contribution in [0.5, 0.6) is 11.5 Å². The Morgan fingerprint density at radius 2 is 1.82 bits per heavy atom. The molecule has 1 amide bonds. The Kier molecular flexibility index (Phi) is 5.28. The summed E-state index contributed by atoms with van der Waals surface area (Å²) in [6, 6.07) is 3.92. The number of aromatic hydroxyl groups is 2. The first-order chi connectivity index (χ1) is 8.08. The second kappa shape index (κ2) is 6.49. The van der Waals surface area contributed by atoms with Crippen LogP contribution in [0.25, 0.3) is 0 Å². The quantitative estimate of drug-likeness (QED) is 0.821. The predicted molar refractivity (Wildman–Crippen MR) is 69.8 cm³/mol. The van der Waals surface area contributed by atoms with Crippen LogP contribution in [0.4, 0.5) is 0 Å². The summed E-state index contributed by atoms with van der Waals surface area (Å²) in [7, 11) is 0. The van der Waals surface area contributed by atoms with Gasteiger partial charge in [0.2, 0.25) is 0 Å². The maximum absolute atomic E-state index is 12.1. The standard InChI is InChI=1S/C12H16BrNO3/c1-2-4-14(5-3-13)12(17)9-6-10(15)8-11(16)7-9/h6-8,15-16H,2-5H2,1H3. The van der Waals surface area contributed by atoms with Gasteiger partial charge in [-0.05, 0) is 18.6 Å². The maximum Gasteiger partial charge on any atom is 0.254 e. The number of amides is 1. The first-order valence-corrected chi connectivity index (χ1v) is 6.59. The van der Waals surface area contributed by atoms with Crippen LogP contribution in [0.15, 0.2) is 18.2 Å². The van der Waals surface area contributed by atoms with Gasteiger partial charge < -0.3 is 15.1 Å². The Labute approximate surface area is 109 Å². The van der Waals surface area contributed by atoms with Crippen LogP contribution in [-0.2, 0) is 0 Å². The zero-order valence-corrected chi connectivity index (χ0v) is 11.3. The van der Waals surface area contributed by atoms with Crippen LogP contribution in [-0.4, -0.2) is 39.4 Å². The Morgan fingerprint density at radius 3 is 2.29 bits per heavy atom. The molecule has 1 aromatic carbocycles. The molecule has 94 valence electrons. The minimum Gasteiger partial charge on any atom is -0.508 e. The van der Waals surface area contributed by atoms with Gasteiger partial charge in [0.1, 0.15) is 11.5 Å². The van der Waals surface area contributed by atoms with Crippen LogP contribution in [0, 0.1) is 0 Å². The van der Waals surface area contributed by atoms with Crippen molar-refractivity contribution in [2.45, 2.75) is 13.3 Å². The Hall–Kier alpha value is -1.23. The third kappa shape index (κ3) is 3.93. The molecule has 0 aliphatic rings. The molecule has 2 N–H and O–H groups in total. The molecule has 5 heteroatoms. The van der Waals surface area contributed by atoms with Gasteiger partial charge in [-0.25, -0.2) is 0 Å². The Balaban J connectivity index is 2.92. The molecule has 1 aromatic rings. The third-order valence-electron chi connectivity index (χ3n) is 2.28. The number of carbonyl (C=O) groups is 1. The highest BCUT2D eigenvalue weighted by Crippen LogP contribution is 2.21. The minimum absolute atomic E-state index is 0.108. The van der Waals surface area contributed by atoms with Crippen molar-refractivity contribution in [1.82, 2.24) is 4.90 Å². The molecule has 0 heterocycles. The summed E-state index contributed by atoms with van der Waals surface area (Å²) in [5.74, 6) is -0.398. The number of hydrogen-bond donors (Lipinski definition) is 2. The molecular weight excluding hydrogens is 286 g/mol. The SMILES string of the molecule is CCCN(CCBr)C(=O)c1cc(O)cc(O)c1. The lowest BCUT2D eigenvalue weighted by atomic mass is 10.1. The number of phenolic OH excluding ortho intramolecular Hbond substituents is 2. The largest absolute Gasteiger partial charge is 0.508 e. The van der Waals surface area contributed by atoms with Gasteiger partial charge >= 0.3 is 0 Å². The molecule has 0 aliphatic heterocycles. The molecular formula is C12H16BrNO3. The van der Waals surface area contributed by atoms with E-state index in [4.69, 9.17) is 0 Å². The second-order valence-corrected chi connectivity index (χ2v) is 4.51. The van der Waals surface area contributed by atoms with Crippen molar-refractivity contribution in [3.8, 4) is 11.5 Å². The molecule has 0 aliphatic carbocycles. The number of nitrogens with zero attached hydrogens (tertiary/aromatic N) is 1. The van der Waals surface area contributed by atoms with Crippen molar-refractivity contribution in [1.29, 1.82) is 0 Å². The van der Waals surface area contributed by atoms with Crippen LogP contribution in [0.2, 0.25) is 0 Å². The summed E-state index contributed by atoms with van der Waals surface area (Å²) in [5, 5.41) is 19.4. The molecule has 0 radical (unpaired) electrons. The van der Waals surface area contributed by atoms with Crippen molar-refractivity contribution in [3.63, 3.8) is 0 Å². The van der Waals surface area contributed by atoms with E-state index in [0.29, 0.717) is 24.0 Å². The van der Waals surface area contributed by atoms with E-state index in [0.717, 1.165) is 6.42 Å². The number of phenols is 2. The van der Waals surface area contributed by atoms with Crippen molar-refractivity contribution >= 4 is 21.8 Å². The van der Waals surface area contributed by atoms with Crippen molar-refractivity contribution in [2.24, 2.45) is 0 Å². The van der Waals surface area contributed by atoms with Crippen molar-refractivity contribution < 1.29 is 15.0 Å². The number of hydrogen-bond acceptors (Lipinski definition) is 3. The molecule has 0 atom stereocenters. The van der Waals surface area contributed by atoms with E-state index >= 15 is 0 Å². The molecule has 1 rings (SSSR count). The van der Waals surface area contributed by atoms with Crippen LogP contribution >= 0.6 is 15.9 Å². The third-order valence-corrected chi connectivity index (χ3v) is 2.64. The number of benzene rings is 1. The fourth-order valence-corrected chi connectivity index (χ4v) is 2.02. The van der Waals surface area contributed by atoms with E-state index in [2.05, 4.69) is 15.9 Å². The monoisotopic (exact) mass is 301 g/mol. The average molecular weight is 302 g/mol. The van der Waals surface area contributed by atoms with Gasteiger partial charge in [0, 0.05) is 30.0 Å². The predicted octanol–water partition coefficient (Wildman–Crippen LogP) is 2.34. The summed E-state index contributed by atoms with van der Waals surface area (Å²) in [4.78, 5) is 13.8. The summed E-state index contributed by atoms with van der Waals surface area (Å²) >= 11 is 3.30. The van der Waals surface area contributed by atoms with Gasteiger partial charge in [0.25, 0.3) is 5.91 Å². The Morgan fingerprint density at radius 1 is 1.24 bits per heavy atom. The van der Waals surface area contributed by atoms with Gasteiger partial charge in [0.15, 0.2) is 0 Å². The van der Waals surface area contributed by atoms with E-state index in [1.54, 1.807) is 4.90 Å². The lowest BCUT2D eigenvalue weighted by Gasteiger charge is -2.21. The lowest BCUT2D eigenvalue weighted by Crippen LogP contribution is -2.33. The summed E-state index contributed by atoms with van der Waals surface area (Å²) in [5.41, 5.74) is 0.303. The molecule has 4 nitrogen and oxygen atoms in total. The maximum atomic E-state index is 12.1. The molecule has 0 fully saturated rings. The number of carbonyl (C=O) groups excluding carboxylic acids is 1. The van der Waals surface area contributed by atoms with E-state index in [-0.39, 0.29) is 17.4 Å². The zero-order chi connectivity index (χ0) is 12.8. The van der Waals surface area contributed by atoms with Gasteiger partial charge in [-0.3, -0.25) is 4.79 Å². The highest BCUT2D eigenvalue weighted by molar-refractivity contribution is 9.09. The number of rotatable bonds is 5. The first kappa shape index (κ1) is 13.8. The molecule has 0 aromatic heterocycles. The normalized spacial score (nSPS) is 10.2. The first-order valence-electron chi connectivity index (χ1n) is 5.46. The Bertz CT molecular complexity index is 369. The number of halogens is 1. The fraction of sp³-hybridized carbons (Fsp3) is 0.417. The van der Waals surface area contributed by atoms with Crippen molar-refractivity contribution in [3.05, 3.63) is 23.8 Å². The van der Waals surface area contributed by atoms with E-state index < -0.39 is 0 Å². The van der Waals surface area contributed by atoms with Gasteiger partial charge in [-0.15, -0.1) is 0 Å². The zero-order valence-electron chi connectivity index (χ0n) is 9.69. The topological polar surface area (TPSA) is 60.8 Å². The smallest absolute Gasteiger partial charge is 0.254 e. The van der Waals surface area contributed by atoms with E-state index in [9.17, 15) is 15.0 Å². The van der Waals surface area contributed by atoms with Crippen LogP contribution in [0.1, 0.15) is 23.7 Å². The van der Waals surface area contributed by atoms with E-state index in [1.165, 1.54) is 18.2 Å². The summed E-state index contributed by atoms with van der Waals surface area (Å²) in [6.45, 7) is 3.25. The fourth-order valence-electron chi connectivity index (χ4n) is 1.59. The van der Waals surface area contributed by atoms with Crippen molar-refractivity contribution in [2.75, 3.05) is 18.4 Å². The molecule has 17 heavy (non-hydrogen) atoms. The molecule has 0 saturated carbocycles. The van der Waals surface area contributed by atoms with Gasteiger partial charge in [0.05, 0.1) is 0 Å². The van der Waals surface area contributed by atoms with Crippen LogP contribution in [0.3, 0.4) is 0 Å². The molecule has 0 unspecified atom stereocenters. The lowest BCUT2D eigenvalue weighted by molar-refractivity contribution is 0.0765. The van der Waals surface area contributed by atoms with Gasteiger partial charge in [-0.2, -0.15) is 0 Å². The van der Waals surface area contributed by atoms with E-state index in [1.807, 2.05) is 6.92 Å². The highest BCUT2D eigenvalue weighted by atomic mass is 79.9. The highest BCUT2D eigenvalue weighted by Gasteiger charge is 2.15. The average Bonchev–Trinajstić information content (AvgIpc) is 2.26. The minimum atomic E-state index is -0.183. The summed E-state index contributed by atoms with van der Waals surface area (Å²) in [6.07, 6.45) is 0.865. The molecule has 0 bridgehead atoms. The molecule has 0 spiro atoms. The van der Waals surface area contributed by atoms with Gasteiger partial charge in [-0.1, -0.05) is 22.9 Å². The second-order valence-electron chi connectivity index (χ2n) is 3.72. The van der Waals surface area contributed by atoms with Crippen LogP contribution < -0.4 is 0 Å². The molecule has 0 saturated heterocycles.